The van der Waals surface area contributed by atoms with Crippen LogP contribution in [0, 0.1) is 13.8 Å². The van der Waals surface area contributed by atoms with Crippen LogP contribution in [0.1, 0.15) is 23.2 Å². The van der Waals surface area contributed by atoms with Crippen molar-refractivity contribution in [3.05, 3.63) is 41.2 Å². The molecule has 21 heavy (non-hydrogen) atoms. The first kappa shape index (κ1) is 15.2. The van der Waals surface area contributed by atoms with Crippen molar-refractivity contribution >= 4 is 11.6 Å². The van der Waals surface area contributed by atoms with Gasteiger partial charge >= 0.3 is 0 Å². The predicted octanol–water partition coefficient (Wildman–Crippen LogP) is 1.42. The molecule has 0 radical (unpaired) electrons. The molecule has 0 aliphatic rings. The molecule has 3 N–H and O–H groups in total. The number of carbonyl (C=O) groups excluding carboxylic acids is 1. The van der Waals surface area contributed by atoms with Crippen molar-refractivity contribution in [3.63, 3.8) is 0 Å². The molecule has 0 fully saturated rings. The highest BCUT2D eigenvalue weighted by atomic mass is 16.2. The molecule has 112 valence electrons. The molecular formula is C15H21N5O. The first-order valence-electron chi connectivity index (χ1n) is 7.04. The van der Waals surface area contributed by atoms with E-state index in [1.807, 2.05) is 32.0 Å². The number of nitrogens with two attached hydrogens (primary N) is 1. The molecule has 0 aliphatic heterocycles. The summed E-state index contributed by atoms with van der Waals surface area (Å²) in [6, 6.07) is 5.93. The number of aromatic nitrogens is 3. The lowest BCUT2D eigenvalue weighted by molar-refractivity contribution is -0.116. The number of anilines is 1. The van der Waals surface area contributed by atoms with Crippen LogP contribution in [0.4, 0.5) is 5.69 Å². The smallest absolute Gasteiger partial charge is 0.246 e. The minimum Gasteiger partial charge on any atom is -0.330 e. The lowest BCUT2D eigenvalue weighted by Crippen LogP contribution is -2.19. The maximum Gasteiger partial charge on any atom is 0.246 e. The Kier molecular flexibility index (Phi) is 5.05. The molecule has 0 saturated carbocycles. The maximum atomic E-state index is 12.0. The van der Waals surface area contributed by atoms with Gasteiger partial charge in [0.05, 0.1) is 5.69 Å². The van der Waals surface area contributed by atoms with Crippen LogP contribution in [-0.4, -0.2) is 27.4 Å². The fourth-order valence-corrected chi connectivity index (χ4v) is 2.10. The monoisotopic (exact) mass is 287 g/mol. The van der Waals surface area contributed by atoms with Gasteiger partial charge < -0.3 is 11.1 Å². The fraction of sp³-hybridized carbons (Fsp3) is 0.400. The molecule has 1 aromatic carbocycles. The van der Waals surface area contributed by atoms with Crippen molar-refractivity contribution < 1.29 is 4.79 Å². The highest BCUT2D eigenvalue weighted by molar-refractivity contribution is 5.91. The van der Waals surface area contributed by atoms with Gasteiger partial charge in [-0.25, -0.2) is 4.68 Å². The quantitative estimate of drug-likeness (QED) is 0.841. The second-order valence-corrected chi connectivity index (χ2v) is 5.17. The molecule has 2 aromatic rings. The van der Waals surface area contributed by atoms with E-state index in [-0.39, 0.29) is 12.5 Å². The van der Waals surface area contributed by atoms with E-state index in [0.29, 0.717) is 6.54 Å². The van der Waals surface area contributed by atoms with Crippen LogP contribution in [0.2, 0.25) is 0 Å². The van der Waals surface area contributed by atoms with Crippen LogP contribution in [0.15, 0.2) is 24.4 Å². The van der Waals surface area contributed by atoms with E-state index in [1.165, 1.54) is 5.56 Å². The first-order chi connectivity index (χ1) is 10.1. The van der Waals surface area contributed by atoms with Crippen molar-refractivity contribution in [1.82, 2.24) is 15.0 Å². The van der Waals surface area contributed by atoms with Crippen LogP contribution >= 0.6 is 0 Å². The van der Waals surface area contributed by atoms with Gasteiger partial charge in [0.25, 0.3) is 0 Å². The Morgan fingerprint density at radius 3 is 2.90 bits per heavy atom. The minimum atomic E-state index is -0.114. The van der Waals surface area contributed by atoms with Crippen LogP contribution in [0.3, 0.4) is 0 Å². The normalized spacial score (nSPS) is 10.6. The molecule has 0 unspecified atom stereocenters. The van der Waals surface area contributed by atoms with Crippen molar-refractivity contribution in [3.8, 4) is 0 Å². The summed E-state index contributed by atoms with van der Waals surface area (Å²) in [5.41, 5.74) is 9.36. The number of carbonyl (C=O) groups is 1. The van der Waals surface area contributed by atoms with Gasteiger partial charge in [0.1, 0.15) is 6.54 Å². The summed E-state index contributed by atoms with van der Waals surface area (Å²) in [5.74, 6) is -0.114. The van der Waals surface area contributed by atoms with Gasteiger partial charge in [-0.15, -0.1) is 5.10 Å². The summed E-state index contributed by atoms with van der Waals surface area (Å²) < 4.78 is 1.55. The molecule has 1 aromatic heterocycles. The van der Waals surface area contributed by atoms with Gasteiger partial charge in [-0.05, 0) is 44.9 Å². The Bertz CT molecular complexity index is 620. The number of amides is 1. The number of aryl methyl sites for hydroxylation is 3. The molecule has 1 heterocycles. The van der Waals surface area contributed by atoms with Gasteiger partial charge in [-0.3, -0.25) is 4.79 Å². The summed E-state index contributed by atoms with van der Waals surface area (Å²) in [7, 11) is 0. The summed E-state index contributed by atoms with van der Waals surface area (Å²) in [6.45, 7) is 4.78. The van der Waals surface area contributed by atoms with E-state index in [1.54, 1.807) is 10.9 Å². The second-order valence-electron chi connectivity index (χ2n) is 5.17. The number of nitrogens with zero attached hydrogens (tertiary/aromatic N) is 3. The van der Waals surface area contributed by atoms with Crippen LogP contribution in [0.25, 0.3) is 0 Å². The highest BCUT2D eigenvalue weighted by Crippen LogP contribution is 2.15. The van der Waals surface area contributed by atoms with Gasteiger partial charge in [0.2, 0.25) is 5.91 Å². The molecule has 1 amide bonds. The number of rotatable bonds is 6. The lowest BCUT2D eigenvalue weighted by atomic mass is 10.1. The van der Waals surface area contributed by atoms with Gasteiger partial charge in [0, 0.05) is 11.9 Å². The Morgan fingerprint density at radius 2 is 2.19 bits per heavy atom. The largest absolute Gasteiger partial charge is 0.330 e. The Morgan fingerprint density at radius 1 is 1.38 bits per heavy atom. The maximum absolute atomic E-state index is 12.0. The Balaban J connectivity index is 1.93. The molecule has 0 spiro atoms. The van der Waals surface area contributed by atoms with Crippen LogP contribution in [-0.2, 0) is 17.8 Å². The number of hydrogen-bond donors (Lipinski definition) is 2. The Hall–Kier alpha value is -2.21. The first-order valence-corrected chi connectivity index (χ1v) is 7.04. The molecule has 2 rings (SSSR count). The third kappa shape index (κ3) is 4.39. The summed E-state index contributed by atoms with van der Waals surface area (Å²) in [6.07, 6.45) is 3.44. The SMILES string of the molecule is Cc1ccc(NC(=O)Cn2cc(CCCN)nn2)c(C)c1. The van der Waals surface area contributed by atoms with Gasteiger partial charge in [0.15, 0.2) is 0 Å². The van der Waals surface area contributed by atoms with Crippen molar-refractivity contribution in [1.29, 1.82) is 0 Å². The predicted molar refractivity (Wildman–Crippen MR) is 81.9 cm³/mol. The molecular weight excluding hydrogens is 266 g/mol. The summed E-state index contributed by atoms with van der Waals surface area (Å²) >= 11 is 0. The van der Waals surface area contributed by atoms with E-state index in [4.69, 9.17) is 5.73 Å². The fourth-order valence-electron chi connectivity index (χ4n) is 2.10. The van der Waals surface area contributed by atoms with Crippen LogP contribution in [0.5, 0.6) is 0 Å². The zero-order chi connectivity index (χ0) is 15.2. The van der Waals surface area contributed by atoms with Crippen molar-refractivity contribution in [2.45, 2.75) is 33.2 Å². The average molecular weight is 287 g/mol. The Labute approximate surface area is 124 Å². The number of nitrogens with one attached hydrogen (secondary N) is 1. The van der Waals surface area contributed by atoms with Gasteiger partial charge in [-0.2, -0.15) is 0 Å². The zero-order valence-electron chi connectivity index (χ0n) is 12.5. The lowest BCUT2D eigenvalue weighted by Gasteiger charge is -2.08. The topological polar surface area (TPSA) is 85.8 Å². The van der Waals surface area contributed by atoms with E-state index in [2.05, 4.69) is 15.6 Å². The number of hydrogen-bond acceptors (Lipinski definition) is 4. The molecule has 0 saturated heterocycles. The zero-order valence-corrected chi connectivity index (χ0v) is 12.5. The molecule has 6 nitrogen and oxygen atoms in total. The van der Waals surface area contributed by atoms with Crippen LogP contribution < -0.4 is 11.1 Å². The summed E-state index contributed by atoms with van der Waals surface area (Å²) in [4.78, 5) is 12.0. The molecule has 6 heteroatoms. The number of benzene rings is 1. The average Bonchev–Trinajstić information content (AvgIpc) is 2.87. The summed E-state index contributed by atoms with van der Waals surface area (Å²) in [5, 5.41) is 10.9. The van der Waals surface area contributed by atoms with E-state index >= 15 is 0 Å². The second kappa shape index (κ2) is 6.99. The standard InChI is InChI=1S/C15H21N5O/c1-11-5-6-14(12(2)8-11)17-15(21)10-20-9-13(18-19-20)4-3-7-16/h5-6,8-9H,3-4,7,10,16H2,1-2H3,(H,17,21). The third-order valence-electron chi connectivity index (χ3n) is 3.18. The minimum absolute atomic E-state index is 0.114. The van der Waals surface area contributed by atoms with Gasteiger partial charge in [-0.1, -0.05) is 22.9 Å². The third-order valence-corrected chi connectivity index (χ3v) is 3.18. The molecule has 0 bridgehead atoms. The van der Waals surface area contributed by atoms with Crippen molar-refractivity contribution in [2.24, 2.45) is 5.73 Å². The molecule has 0 aliphatic carbocycles. The van der Waals surface area contributed by atoms with E-state index in [0.717, 1.165) is 29.8 Å². The van der Waals surface area contributed by atoms with E-state index in [9.17, 15) is 4.79 Å². The molecule has 0 atom stereocenters. The van der Waals surface area contributed by atoms with Crippen molar-refractivity contribution in [2.75, 3.05) is 11.9 Å². The highest BCUT2D eigenvalue weighted by Gasteiger charge is 2.08. The van der Waals surface area contributed by atoms with E-state index < -0.39 is 0 Å².